The van der Waals surface area contributed by atoms with Gasteiger partial charge in [0.25, 0.3) is 5.56 Å². The molecule has 2 aromatic rings. The number of hydrogen-bond donors (Lipinski definition) is 1. The molecule has 1 atom stereocenters. The SMILES string of the molecule is Cc1cc2c(=O)[nH]c(C3CCN(C(=O)OC(C)(C)C)C3)cn2n1. The van der Waals surface area contributed by atoms with Crippen LogP contribution in [0, 0.1) is 6.92 Å². The van der Waals surface area contributed by atoms with Crippen molar-refractivity contribution in [3.8, 4) is 0 Å². The Hall–Kier alpha value is -2.31. The van der Waals surface area contributed by atoms with Gasteiger partial charge in [0.1, 0.15) is 11.1 Å². The molecule has 1 amide bonds. The molecule has 0 spiro atoms. The van der Waals surface area contributed by atoms with Gasteiger partial charge in [-0.3, -0.25) is 4.79 Å². The predicted molar refractivity (Wildman–Crippen MR) is 85.7 cm³/mol. The fourth-order valence-electron chi connectivity index (χ4n) is 2.86. The smallest absolute Gasteiger partial charge is 0.410 e. The maximum absolute atomic E-state index is 12.2. The number of nitrogens with zero attached hydrogens (tertiary/aromatic N) is 3. The number of likely N-dealkylation sites (tertiary alicyclic amines) is 1. The number of aromatic amines is 1. The Balaban J connectivity index is 1.79. The van der Waals surface area contributed by atoms with E-state index in [0.29, 0.717) is 18.6 Å². The Kier molecular flexibility index (Phi) is 3.66. The first-order chi connectivity index (χ1) is 10.7. The Morgan fingerprint density at radius 2 is 2.17 bits per heavy atom. The Bertz CT molecular complexity index is 800. The molecule has 1 saturated heterocycles. The van der Waals surface area contributed by atoms with Crippen molar-refractivity contribution < 1.29 is 9.53 Å². The molecule has 0 aliphatic carbocycles. The second-order valence-electron chi connectivity index (χ2n) is 7.07. The second-order valence-corrected chi connectivity index (χ2v) is 7.07. The van der Waals surface area contributed by atoms with Gasteiger partial charge in [0, 0.05) is 30.9 Å². The number of aryl methyl sites for hydroxylation is 1. The van der Waals surface area contributed by atoms with Crippen LogP contribution >= 0.6 is 0 Å². The first-order valence-electron chi connectivity index (χ1n) is 7.80. The molecule has 3 heterocycles. The zero-order chi connectivity index (χ0) is 16.8. The van der Waals surface area contributed by atoms with Gasteiger partial charge in [-0.25, -0.2) is 9.31 Å². The molecule has 1 aliphatic rings. The van der Waals surface area contributed by atoms with Gasteiger partial charge in [-0.2, -0.15) is 5.10 Å². The predicted octanol–water partition coefficient (Wildman–Crippen LogP) is 2.06. The standard InChI is InChI=1S/C16H22N4O3/c1-10-7-13-14(21)17-12(9-20(13)18-10)11-5-6-19(8-11)15(22)23-16(2,3)4/h7,9,11H,5-6,8H2,1-4H3,(H,17,21). The highest BCUT2D eigenvalue weighted by atomic mass is 16.6. The second kappa shape index (κ2) is 5.40. The van der Waals surface area contributed by atoms with Crippen LogP contribution in [0.4, 0.5) is 4.79 Å². The van der Waals surface area contributed by atoms with Crippen molar-refractivity contribution in [3.63, 3.8) is 0 Å². The summed E-state index contributed by atoms with van der Waals surface area (Å²) < 4.78 is 7.01. The summed E-state index contributed by atoms with van der Waals surface area (Å²) >= 11 is 0. The molecule has 1 aliphatic heterocycles. The molecule has 2 aromatic heterocycles. The maximum Gasteiger partial charge on any atom is 0.410 e. The number of rotatable bonds is 1. The summed E-state index contributed by atoms with van der Waals surface area (Å²) in [6.07, 6.45) is 2.33. The fraction of sp³-hybridized carbons (Fsp3) is 0.562. The van der Waals surface area contributed by atoms with E-state index in [9.17, 15) is 9.59 Å². The van der Waals surface area contributed by atoms with Gasteiger partial charge >= 0.3 is 6.09 Å². The minimum absolute atomic E-state index is 0.0872. The molecule has 0 saturated carbocycles. The van der Waals surface area contributed by atoms with Crippen LogP contribution in [0.5, 0.6) is 0 Å². The normalized spacial score (nSPS) is 18.6. The van der Waals surface area contributed by atoms with E-state index in [1.54, 1.807) is 15.5 Å². The minimum Gasteiger partial charge on any atom is -0.444 e. The van der Waals surface area contributed by atoms with Crippen LogP contribution in [-0.4, -0.2) is 44.3 Å². The number of carbonyl (C=O) groups excluding carboxylic acids is 1. The van der Waals surface area contributed by atoms with Crippen LogP contribution in [0.3, 0.4) is 0 Å². The van der Waals surface area contributed by atoms with Crippen molar-refractivity contribution in [1.29, 1.82) is 0 Å². The number of fused-ring (bicyclic) bond motifs is 1. The molecule has 23 heavy (non-hydrogen) atoms. The van der Waals surface area contributed by atoms with Crippen LogP contribution in [-0.2, 0) is 4.74 Å². The molecule has 3 rings (SSSR count). The van der Waals surface area contributed by atoms with Gasteiger partial charge in [0.2, 0.25) is 0 Å². The monoisotopic (exact) mass is 318 g/mol. The average Bonchev–Trinajstić information content (AvgIpc) is 3.02. The number of hydrogen-bond acceptors (Lipinski definition) is 4. The summed E-state index contributed by atoms with van der Waals surface area (Å²) in [7, 11) is 0. The van der Waals surface area contributed by atoms with Gasteiger partial charge in [-0.15, -0.1) is 0 Å². The number of carbonyl (C=O) groups is 1. The van der Waals surface area contributed by atoms with Crippen LogP contribution in [0.15, 0.2) is 17.1 Å². The number of amides is 1. The molecule has 7 heteroatoms. The first-order valence-corrected chi connectivity index (χ1v) is 7.80. The lowest BCUT2D eigenvalue weighted by Gasteiger charge is -2.24. The summed E-state index contributed by atoms with van der Waals surface area (Å²) in [5, 5.41) is 4.30. The average molecular weight is 318 g/mol. The lowest BCUT2D eigenvalue weighted by molar-refractivity contribution is 0.0292. The van der Waals surface area contributed by atoms with Gasteiger partial charge in [0.15, 0.2) is 0 Å². The van der Waals surface area contributed by atoms with Crippen molar-refractivity contribution >= 4 is 11.6 Å². The molecule has 7 nitrogen and oxygen atoms in total. The lowest BCUT2D eigenvalue weighted by Crippen LogP contribution is -2.35. The van der Waals surface area contributed by atoms with Gasteiger partial charge < -0.3 is 14.6 Å². The van der Waals surface area contributed by atoms with Gasteiger partial charge in [-0.1, -0.05) is 0 Å². The van der Waals surface area contributed by atoms with Crippen LogP contribution < -0.4 is 5.56 Å². The Morgan fingerprint density at radius 1 is 1.43 bits per heavy atom. The van der Waals surface area contributed by atoms with E-state index in [1.165, 1.54) is 0 Å². The summed E-state index contributed by atoms with van der Waals surface area (Å²) in [5.74, 6) is 0.0872. The van der Waals surface area contributed by atoms with E-state index in [4.69, 9.17) is 4.74 Å². The summed E-state index contributed by atoms with van der Waals surface area (Å²) in [6, 6.07) is 1.75. The number of H-pyrrole nitrogens is 1. The number of aromatic nitrogens is 3. The quantitative estimate of drug-likeness (QED) is 0.873. The van der Waals surface area contributed by atoms with Crippen LogP contribution in [0.25, 0.3) is 5.52 Å². The third kappa shape index (κ3) is 3.23. The fourth-order valence-corrected chi connectivity index (χ4v) is 2.86. The summed E-state index contributed by atoms with van der Waals surface area (Å²) in [4.78, 5) is 28.9. The molecule has 0 aromatic carbocycles. The third-order valence-electron chi connectivity index (χ3n) is 3.89. The van der Waals surface area contributed by atoms with E-state index < -0.39 is 5.60 Å². The van der Waals surface area contributed by atoms with Crippen LogP contribution in [0.1, 0.15) is 44.5 Å². The minimum atomic E-state index is -0.505. The van der Waals surface area contributed by atoms with E-state index in [2.05, 4.69) is 10.1 Å². The molecule has 1 N–H and O–H groups in total. The highest BCUT2D eigenvalue weighted by molar-refractivity contribution is 5.68. The molecule has 124 valence electrons. The third-order valence-corrected chi connectivity index (χ3v) is 3.89. The van der Waals surface area contributed by atoms with E-state index >= 15 is 0 Å². The first kappa shape index (κ1) is 15.6. The van der Waals surface area contributed by atoms with Crippen molar-refractivity contribution in [3.05, 3.63) is 34.0 Å². The molecule has 0 radical (unpaired) electrons. The molecular formula is C16H22N4O3. The van der Waals surface area contributed by atoms with Crippen molar-refractivity contribution in [2.24, 2.45) is 0 Å². The van der Waals surface area contributed by atoms with Crippen molar-refractivity contribution in [2.75, 3.05) is 13.1 Å². The Morgan fingerprint density at radius 3 is 2.87 bits per heavy atom. The zero-order valence-corrected chi connectivity index (χ0v) is 13.9. The highest BCUT2D eigenvalue weighted by Crippen LogP contribution is 2.26. The summed E-state index contributed by atoms with van der Waals surface area (Å²) in [5.41, 5.74) is 1.48. The molecule has 0 bridgehead atoms. The molecular weight excluding hydrogens is 296 g/mol. The van der Waals surface area contributed by atoms with Crippen molar-refractivity contribution in [2.45, 2.75) is 45.6 Å². The van der Waals surface area contributed by atoms with E-state index in [1.807, 2.05) is 33.9 Å². The number of nitrogens with one attached hydrogen (secondary N) is 1. The lowest BCUT2D eigenvalue weighted by atomic mass is 10.1. The molecule has 1 unspecified atom stereocenters. The van der Waals surface area contributed by atoms with Gasteiger partial charge in [-0.05, 0) is 40.2 Å². The van der Waals surface area contributed by atoms with Crippen LogP contribution in [0.2, 0.25) is 0 Å². The van der Waals surface area contributed by atoms with Gasteiger partial charge in [0.05, 0.1) is 5.69 Å². The highest BCUT2D eigenvalue weighted by Gasteiger charge is 2.31. The maximum atomic E-state index is 12.2. The van der Waals surface area contributed by atoms with E-state index in [-0.39, 0.29) is 17.6 Å². The Labute approximate surface area is 134 Å². The van der Waals surface area contributed by atoms with E-state index in [0.717, 1.165) is 17.8 Å². The topological polar surface area (TPSA) is 79.7 Å². The van der Waals surface area contributed by atoms with Crippen molar-refractivity contribution in [1.82, 2.24) is 19.5 Å². The zero-order valence-electron chi connectivity index (χ0n) is 13.9. The summed E-state index contributed by atoms with van der Waals surface area (Å²) in [6.45, 7) is 8.57. The molecule has 1 fully saturated rings. The number of ether oxygens (including phenoxy) is 1. The largest absolute Gasteiger partial charge is 0.444 e.